The average Bonchev–Trinajstić information content (AvgIpc) is 3.24. The molecule has 0 radical (unpaired) electrons. The maximum Gasteiger partial charge on any atom is 0.241 e. The highest BCUT2D eigenvalue weighted by molar-refractivity contribution is 7.88. The average molecular weight is 395 g/mol. The first-order chi connectivity index (χ1) is 12.8. The van der Waals surface area contributed by atoms with Crippen molar-refractivity contribution in [2.45, 2.75) is 44.1 Å². The van der Waals surface area contributed by atoms with Gasteiger partial charge in [0.25, 0.3) is 0 Å². The van der Waals surface area contributed by atoms with Gasteiger partial charge in [0.1, 0.15) is 5.52 Å². The predicted octanol–water partition coefficient (Wildman–Crippen LogP) is 1.54. The summed E-state index contributed by atoms with van der Waals surface area (Å²) in [7, 11) is -3.39. The summed E-state index contributed by atoms with van der Waals surface area (Å²) in [6.45, 7) is 0.0974. The van der Waals surface area contributed by atoms with Crippen molar-refractivity contribution >= 4 is 27.3 Å². The summed E-state index contributed by atoms with van der Waals surface area (Å²) < 4.78 is 40.2. The van der Waals surface area contributed by atoms with E-state index in [4.69, 9.17) is 0 Å². The number of sulfonamides is 1. The fourth-order valence-corrected chi connectivity index (χ4v) is 4.74. The molecule has 27 heavy (non-hydrogen) atoms. The van der Waals surface area contributed by atoms with E-state index in [2.05, 4.69) is 15.4 Å². The van der Waals surface area contributed by atoms with Gasteiger partial charge in [0, 0.05) is 18.2 Å². The highest BCUT2D eigenvalue weighted by Gasteiger charge is 2.32. The molecule has 0 bridgehead atoms. The molecule has 2 fully saturated rings. The number of Topliss-reactive ketones (excluding diaryl/α,β-unsaturated/α-hetero) is 1. The predicted molar refractivity (Wildman–Crippen MR) is 97.6 cm³/mol. The zero-order valence-electron chi connectivity index (χ0n) is 15.1. The van der Waals surface area contributed by atoms with Crippen molar-refractivity contribution < 1.29 is 17.6 Å². The van der Waals surface area contributed by atoms with Crippen molar-refractivity contribution in [3.63, 3.8) is 0 Å². The van der Waals surface area contributed by atoms with Crippen molar-refractivity contribution in [2.75, 3.05) is 24.7 Å². The minimum absolute atomic E-state index is 0.162. The van der Waals surface area contributed by atoms with Crippen LogP contribution in [-0.4, -0.2) is 58.5 Å². The molecule has 1 N–H and O–H groups in total. The summed E-state index contributed by atoms with van der Waals surface area (Å²) in [6.07, 6.45) is 7.13. The first kappa shape index (κ1) is 18.3. The van der Waals surface area contributed by atoms with Crippen LogP contribution in [0.1, 0.15) is 43.7 Å². The maximum absolute atomic E-state index is 14.2. The van der Waals surface area contributed by atoms with Crippen LogP contribution < -0.4 is 5.32 Å². The Morgan fingerprint density at radius 1 is 1.26 bits per heavy atom. The van der Waals surface area contributed by atoms with E-state index in [1.165, 1.54) is 12.3 Å². The molecular formula is C17H22FN5O3S. The first-order valence-electron chi connectivity index (χ1n) is 9.11. The molecule has 2 aromatic rings. The minimum Gasteiger partial charge on any atom is -0.343 e. The molecule has 1 aliphatic carbocycles. The Labute approximate surface area is 156 Å². The lowest BCUT2D eigenvalue weighted by Crippen LogP contribution is -2.48. The molecule has 8 nitrogen and oxygen atoms in total. The molecule has 10 heteroatoms. The number of nitrogens with one attached hydrogen (secondary N) is 1. The van der Waals surface area contributed by atoms with Gasteiger partial charge >= 0.3 is 0 Å². The number of anilines is 1. The zero-order chi connectivity index (χ0) is 19.2. The van der Waals surface area contributed by atoms with Crippen molar-refractivity contribution in [3.8, 4) is 0 Å². The van der Waals surface area contributed by atoms with Crippen LogP contribution >= 0.6 is 0 Å². The van der Waals surface area contributed by atoms with Crippen LogP contribution in [0, 0.1) is 5.82 Å². The Morgan fingerprint density at radius 2 is 2.00 bits per heavy atom. The van der Waals surface area contributed by atoms with Crippen LogP contribution in [0.4, 0.5) is 10.3 Å². The lowest BCUT2D eigenvalue weighted by atomic mass is 10.0. The van der Waals surface area contributed by atoms with E-state index < -0.39 is 16.1 Å². The smallest absolute Gasteiger partial charge is 0.241 e. The van der Waals surface area contributed by atoms with Gasteiger partial charge in [0.15, 0.2) is 11.6 Å². The topological polar surface area (TPSA) is 96.7 Å². The molecule has 2 aliphatic rings. The lowest BCUT2D eigenvalue weighted by Gasteiger charge is -2.29. The number of ketones is 1. The molecule has 0 spiro atoms. The summed E-state index contributed by atoms with van der Waals surface area (Å²) in [4.78, 5) is 16.4. The Balaban J connectivity index is 1.56. The number of aromatic nitrogens is 3. The second-order valence-electron chi connectivity index (χ2n) is 7.33. The molecule has 1 unspecified atom stereocenters. The quantitative estimate of drug-likeness (QED) is 0.844. The van der Waals surface area contributed by atoms with Gasteiger partial charge in [-0.3, -0.25) is 4.79 Å². The number of carbonyl (C=O) groups is 1. The summed E-state index contributed by atoms with van der Waals surface area (Å²) in [5.41, 5.74) is 1.16. The van der Waals surface area contributed by atoms with Gasteiger partial charge in [0.05, 0.1) is 25.0 Å². The van der Waals surface area contributed by atoms with Gasteiger partial charge in [-0.25, -0.2) is 22.3 Å². The monoisotopic (exact) mass is 395 g/mol. The van der Waals surface area contributed by atoms with Gasteiger partial charge in [-0.2, -0.15) is 4.31 Å². The molecule has 0 aromatic carbocycles. The number of hydrogen-bond acceptors (Lipinski definition) is 6. The normalized spacial score (nSPS) is 22.6. The van der Waals surface area contributed by atoms with Crippen LogP contribution in [0.25, 0.3) is 5.52 Å². The van der Waals surface area contributed by atoms with Crippen LogP contribution in [-0.2, 0) is 14.8 Å². The molecule has 3 heterocycles. The third kappa shape index (κ3) is 3.55. The highest BCUT2D eigenvalue weighted by Crippen LogP contribution is 2.35. The van der Waals surface area contributed by atoms with Crippen LogP contribution in [0.15, 0.2) is 12.3 Å². The molecule has 1 saturated heterocycles. The van der Waals surface area contributed by atoms with Gasteiger partial charge < -0.3 is 5.32 Å². The number of halogens is 1. The van der Waals surface area contributed by atoms with Crippen molar-refractivity contribution in [1.29, 1.82) is 0 Å². The van der Waals surface area contributed by atoms with Gasteiger partial charge in [-0.1, -0.05) is 12.8 Å². The van der Waals surface area contributed by atoms with Gasteiger partial charge in [0.2, 0.25) is 16.0 Å². The van der Waals surface area contributed by atoms with E-state index >= 15 is 0 Å². The SMILES string of the molecule is CS(=O)(=O)N1CCC(Nc2ncc3c(F)cc(C4CCCC4)n3n2)C(=O)C1. The molecular weight excluding hydrogens is 373 g/mol. The second kappa shape index (κ2) is 6.83. The second-order valence-corrected chi connectivity index (χ2v) is 9.31. The summed E-state index contributed by atoms with van der Waals surface area (Å²) in [5.74, 6) is -0.0565. The number of carbonyl (C=O) groups excluding carboxylic acids is 1. The van der Waals surface area contributed by atoms with Crippen LogP contribution in [0.2, 0.25) is 0 Å². The molecule has 1 aliphatic heterocycles. The first-order valence-corrected chi connectivity index (χ1v) is 11.0. The fourth-order valence-electron chi connectivity index (χ4n) is 3.94. The Bertz CT molecular complexity index is 984. The highest BCUT2D eigenvalue weighted by atomic mass is 32.2. The third-order valence-corrected chi connectivity index (χ3v) is 6.68. The Kier molecular flexibility index (Phi) is 4.63. The van der Waals surface area contributed by atoms with Crippen molar-refractivity contribution in [2.24, 2.45) is 0 Å². The zero-order valence-corrected chi connectivity index (χ0v) is 15.9. The molecule has 1 saturated carbocycles. The fraction of sp³-hybridized carbons (Fsp3) is 0.588. The summed E-state index contributed by atoms with van der Waals surface area (Å²) >= 11 is 0. The maximum atomic E-state index is 14.2. The van der Waals surface area contributed by atoms with E-state index in [-0.39, 0.29) is 36.6 Å². The lowest BCUT2D eigenvalue weighted by molar-refractivity contribution is -0.121. The molecule has 1 atom stereocenters. The van der Waals surface area contributed by atoms with Gasteiger partial charge in [-0.05, 0) is 25.3 Å². The summed E-state index contributed by atoms with van der Waals surface area (Å²) in [6, 6.07) is 0.968. The Hall–Kier alpha value is -2.07. The Morgan fingerprint density at radius 3 is 2.67 bits per heavy atom. The third-order valence-electron chi connectivity index (χ3n) is 5.43. The van der Waals surface area contributed by atoms with Gasteiger partial charge in [-0.15, -0.1) is 5.10 Å². The van der Waals surface area contributed by atoms with E-state index in [1.54, 1.807) is 4.52 Å². The largest absolute Gasteiger partial charge is 0.343 e. The van der Waals surface area contributed by atoms with Crippen LogP contribution in [0.3, 0.4) is 0 Å². The van der Waals surface area contributed by atoms with Crippen molar-refractivity contribution in [1.82, 2.24) is 18.9 Å². The molecule has 146 valence electrons. The van der Waals surface area contributed by atoms with E-state index in [9.17, 15) is 17.6 Å². The van der Waals surface area contributed by atoms with Crippen molar-refractivity contribution in [3.05, 3.63) is 23.8 Å². The summed E-state index contributed by atoms with van der Waals surface area (Å²) in [5, 5.41) is 7.39. The van der Waals surface area contributed by atoms with Crippen LogP contribution in [0.5, 0.6) is 0 Å². The number of piperidine rings is 1. The van der Waals surface area contributed by atoms with E-state index in [0.29, 0.717) is 11.9 Å². The number of fused-ring (bicyclic) bond motifs is 1. The standard InChI is InChI=1S/C17H22FN5O3S/c1-27(25,26)22-7-6-13(16(24)10-22)20-17-19-9-15-12(18)8-14(23(15)21-17)11-4-2-3-5-11/h8-9,11,13H,2-7,10H2,1H3,(H,20,21). The number of rotatable bonds is 4. The molecule has 4 rings (SSSR count). The number of nitrogens with zero attached hydrogens (tertiary/aromatic N) is 4. The molecule has 2 aromatic heterocycles. The minimum atomic E-state index is -3.39. The number of hydrogen-bond donors (Lipinski definition) is 1. The van der Waals surface area contributed by atoms with E-state index in [1.807, 2.05) is 0 Å². The van der Waals surface area contributed by atoms with E-state index in [0.717, 1.165) is 41.9 Å². The molecule has 0 amide bonds.